The maximum absolute atomic E-state index is 11.8. The highest BCUT2D eigenvalue weighted by Gasteiger charge is 2.56. The molecule has 2 rings (SSSR count). The van der Waals surface area contributed by atoms with Gasteiger partial charge in [0.1, 0.15) is 0 Å². The topological polar surface area (TPSA) is 62.7 Å². The van der Waals surface area contributed by atoms with Crippen LogP contribution in [0, 0.1) is 0 Å². The van der Waals surface area contributed by atoms with Gasteiger partial charge >= 0.3 is 6.09 Å². The van der Waals surface area contributed by atoms with E-state index in [0.29, 0.717) is 13.0 Å². The molecule has 1 saturated heterocycles. The molecule has 0 aliphatic carbocycles. The van der Waals surface area contributed by atoms with E-state index in [4.69, 9.17) is 4.74 Å². The number of hydrogen-bond acceptors (Lipinski definition) is 4. The van der Waals surface area contributed by atoms with Crippen molar-refractivity contribution in [1.82, 2.24) is 9.88 Å². The molecule has 0 saturated carbocycles. The first-order valence-corrected chi connectivity index (χ1v) is 5.97. The third kappa shape index (κ3) is 2.06. The third-order valence-electron chi connectivity index (χ3n) is 3.55. The van der Waals surface area contributed by atoms with Crippen LogP contribution in [0.5, 0.6) is 0 Å². The minimum atomic E-state index is -1.31. The zero-order valence-electron chi connectivity index (χ0n) is 10.9. The SMILES string of the molecule is CC1(C)OC(=O)N(CCc2ccccn2)C1(C)O. The van der Waals surface area contributed by atoms with E-state index in [2.05, 4.69) is 4.98 Å². The first kappa shape index (κ1) is 12.8. The van der Waals surface area contributed by atoms with Crippen molar-refractivity contribution in [2.24, 2.45) is 0 Å². The summed E-state index contributed by atoms with van der Waals surface area (Å²) in [5.74, 6) is 0. The summed E-state index contributed by atoms with van der Waals surface area (Å²) in [6.07, 6.45) is 1.81. The van der Waals surface area contributed by atoms with Gasteiger partial charge in [-0.3, -0.25) is 9.88 Å². The number of cyclic esters (lactones) is 1. The van der Waals surface area contributed by atoms with Crippen molar-refractivity contribution in [2.75, 3.05) is 6.54 Å². The first-order chi connectivity index (χ1) is 8.34. The molecule has 5 nitrogen and oxygen atoms in total. The standard InChI is InChI=1S/C13H18N2O3/c1-12(2)13(3,17)15(11(16)18-12)9-7-10-6-4-5-8-14-10/h4-6,8,17H,7,9H2,1-3H3. The molecule has 98 valence electrons. The number of carbonyl (C=O) groups excluding carboxylic acids is 1. The van der Waals surface area contributed by atoms with Crippen molar-refractivity contribution in [3.63, 3.8) is 0 Å². The van der Waals surface area contributed by atoms with Crippen molar-refractivity contribution in [3.05, 3.63) is 30.1 Å². The number of nitrogens with zero attached hydrogens (tertiary/aromatic N) is 2. The van der Waals surface area contributed by atoms with Gasteiger partial charge in [0.2, 0.25) is 0 Å². The lowest BCUT2D eigenvalue weighted by Crippen LogP contribution is -2.54. The van der Waals surface area contributed by atoms with Gasteiger partial charge in [-0.2, -0.15) is 0 Å². The maximum Gasteiger partial charge on any atom is 0.412 e. The molecule has 0 bridgehead atoms. The second-order valence-corrected chi connectivity index (χ2v) is 5.12. The molecule has 1 aromatic rings. The number of carbonyl (C=O) groups is 1. The molecule has 5 heteroatoms. The fourth-order valence-corrected chi connectivity index (χ4v) is 1.95. The van der Waals surface area contributed by atoms with Gasteiger partial charge < -0.3 is 9.84 Å². The number of aromatic nitrogens is 1. The predicted molar refractivity (Wildman–Crippen MR) is 65.8 cm³/mol. The zero-order valence-corrected chi connectivity index (χ0v) is 10.9. The summed E-state index contributed by atoms with van der Waals surface area (Å²) in [4.78, 5) is 17.3. The van der Waals surface area contributed by atoms with E-state index in [-0.39, 0.29) is 0 Å². The average molecular weight is 250 g/mol. The molecule has 1 aromatic heterocycles. The lowest BCUT2D eigenvalue weighted by Gasteiger charge is -2.34. The number of hydrogen-bond donors (Lipinski definition) is 1. The van der Waals surface area contributed by atoms with Gasteiger partial charge in [-0.15, -0.1) is 0 Å². The van der Waals surface area contributed by atoms with Crippen LogP contribution in [0.25, 0.3) is 0 Å². The van der Waals surface area contributed by atoms with Gasteiger partial charge in [-0.1, -0.05) is 6.07 Å². The highest BCUT2D eigenvalue weighted by molar-refractivity contribution is 5.72. The van der Waals surface area contributed by atoms with Gasteiger partial charge in [0, 0.05) is 24.9 Å². The molecule has 1 fully saturated rings. The Morgan fingerprint density at radius 2 is 2.11 bits per heavy atom. The van der Waals surface area contributed by atoms with Crippen LogP contribution in [0.1, 0.15) is 26.5 Å². The molecule has 1 amide bonds. The fourth-order valence-electron chi connectivity index (χ4n) is 1.95. The summed E-state index contributed by atoms with van der Waals surface area (Å²) >= 11 is 0. The van der Waals surface area contributed by atoms with E-state index < -0.39 is 17.4 Å². The monoisotopic (exact) mass is 250 g/mol. The third-order valence-corrected chi connectivity index (χ3v) is 3.55. The largest absolute Gasteiger partial charge is 0.438 e. The Morgan fingerprint density at radius 1 is 1.39 bits per heavy atom. The lowest BCUT2D eigenvalue weighted by atomic mass is 9.96. The Labute approximate surface area is 106 Å². The number of amides is 1. The van der Waals surface area contributed by atoms with Gasteiger partial charge in [0.15, 0.2) is 11.3 Å². The Hall–Kier alpha value is -1.62. The van der Waals surface area contributed by atoms with Crippen LogP contribution < -0.4 is 0 Å². The van der Waals surface area contributed by atoms with E-state index in [1.807, 2.05) is 18.2 Å². The Bertz CT molecular complexity index is 443. The van der Waals surface area contributed by atoms with Crippen molar-refractivity contribution < 1.29 is 14.6 Å². The van der Waals surface area contributed by atoms with Crippen LogP contribution in [-0.4, -0.2) is 39.0 Å². The predicted octanol–water partition coefficient (Wildman–Crippen LogP) is 1.56. The molecular formula is C13H18N2O3. The fraction of sp³-hybridized carbons (Fsp3) is 0.538. The minimum absolute atomic E-state index is 0.381. The number of pyridine rings is 1. The van der Waals surface area contributed by atoms with Gasteiger partial charge in [-0.25, -0.2) is 4.79 Å². The van der Waals surface area contributed by atoms with Crippen LogP contribution in [0.15, 0.2) is 24.4 Å². The Balaban J connectivity index is 2.08. The van der Waals surface area contributed by atoms with Crippen LogP contribution >= 0.6 is 0 Å². The van der Waals surface area contributed by atoms with Gasteiger partial charge in [-0.05, 0) is 32.9 Å². The number of aliphatic hydroxyl groups is 1. The molecule has 1 N–H and O–H groups in total. The second kappa shape index (κ2) is 4.24. The second-order valence-electron chi connectivity index (χ2n) is 5.12. The van der Waals surface area contributed by atoms with E-state index in [1.165, 1.54) is 4.90 Å². The zero-order chi connectivity index (χ0) is 13.4. The van der Waals surface area contributed by atoms with Crippen LogP contribution in [0.2, 0.25) is 0 Å². The summed E-state index contributed by atoms with van der Waals surface area (Å²) in [5.41, 5.74) is -1.33. The molecular weight excluding hydrogens is 232 g/mol. The summed E-state index contributed by atoms with van der Waals surface area (Å²) in [7, 11) is 0. The molecule has 0 aromatic carbocycles. The lowest BCUT2D eigenvalue weighted by molar-refractivity contribution is -0.126. The van der Waals surface area contributed by atoms with Crippen molar-refractivity contribution in [1.29, 1.82) is 0 Å². The Morgan fingerprint density at radius 3 is 2.61 bits per heavy atom. The quantitative estimate of drug-likeness (QED) is 0.884. The van der Waals surface area contributed by atoms with E-state index in [1.54, 1.807) is 27.0 Å². The number of rotatable bonds is 3. The van der Waals surface area contributed by atoms with Crippen molar-refractivity contribution in [3.8, 4) is 0 Å². The maximum atomic E-state index is 11.8. The summed E-state index contributed by atoms with van der Waals surface area (Å²) in [5, 5.41) is 10.4. The van der Waals surface area contributed by atoms with Crippen LogP contribution in [0.3, 0.4) is 0 Å². The smallest absolute Gasteiger partial charge is 0.412 e. The molecule has 2 heterocycles. The van der Waals surface area contributed by atoms with Crippen molar-refractivity contribution >= 4 is 6.09 Å². The van der Waals surface area contributed by atoms with Crippen LogP contribution in [0.4, 0.5) is 4.79 Å². The molecule has 0 radical (unpaired) electrons. The van der Waals surface area contributed by atoms with Gasteiger partial charge in [0.05, 0.1) is 0 Å². The normalized spacial score (nSPS) is 26.2. The molecule has 1 aliphatic heterocycles. The molecule has 1 atom stereocenters. The summed E-state index contributed by atoms with van der Waals surface area (Å²) < 4.78 is 5.18. The Kier molecular flexibility index (Phi) is 3.02. The number of ether oxygens (including phenoxy) is 1. The van der Waals surface area contributed by atoms with Gasteiger partial charge in [0.25, 0.3) is 0 Å². The van der Waals surface area contributed by atoms with E-state index in [0.717, 1.165) is 5.69 Å². The summed E-state index contributed by atoms with van der Waals surface area (Å²) in [6, 6.07) is 5.63. The minimum Gasteiger partial charge on any atom is -0.438 e. The average Bonchev–Trinajstić information content (AvgIpc) is 2.43. The highest BCUT2D eigenvalue weighted by atomic mass is 16.6. The molecule has 1 aliphatic rings. The molecule has 1 unspecified atom stereocenters. The highest BCUT2D eigenvalue weighted by Crippen LogP contribution is 2.36. The van der Waals surface area contributed by atoms with Crippen LogP contribution in [-0.2, 0) is 11.2 Å². The first-order valence-electron chi connectivity index (χ1n) is 5.97. The molecule has 18 heavy (non-hydrogen) atoms. The summed E-state index contributed by atoms with van der Waals surface area (Å²) in [6.45, 7) is 5.37. The van der Waals surface area contributed by atoms with E-state index in [9.17, 15) is 9.90 Å². The van der Waals surface area contributed by atoms with E-state index >= 15 is 0 Å². The van der Waals surface area contributed by atoms with Crippen molar-refractivity contribution in [2.45, 2.75) is 38.5 Å². The molecule has 0 spiro atoms.